The second-order valence-corrected chi connectivity index (χ2v) is 12.3. The van der Waals surface area contributed by atoms with Crippen LogP contribution in [0.15, 0.2) is 133 Å². The number of imide groups is 1. The number of carbonyl (C=O) groups is 3. The van der Waals surface area contributed by atoms with Gasteiger partial charge in [0, 0.05) is 21.9 Å². The number of nitrogens with zero attached hydrogens (tertiary/aromatic N) is 2. The molecule has 0 saturated heterocycles. The highest BCUT2D eigenvalue weighted by molar-refractivity contribution is 6.36. The van der Waals surface area contributed by atoms with E-state index in [-0.39, 0.29) is 17.6 Å². The Balaban J connectivity index is 0.000000425. The highest BCUT2D eigenvalue weighted by Crippen LogP contribution is 2.39. The molecule has 1 aliphatic heterocycles. The van der Waals surface area contributed by atoms with E-state index in [4.69, 9.17) is 0 Å². The molecule has 0 bridgehead atoms. The van der Waals surface area contributed by atoms with Crippen molar-refractivity contribution in [1.29, 1.82) is 0 Å². The third-order valence-electron chi connectivity index (χ3n) is 8.90. The molecule has 2 heterocycles. The number of amides is 2. The Morgan fingerprint density at radius 3 is 1.76 bits per heavy atom. The van der Waals surface area contributed by atoms with E-state index in [2.05, 4.69) is 19.1 Å². The van der Waals surface area contributed by atoms with Crippen LogP contribution in [0.5, 0.6) is 0 Å². The molecule has 5 nitrogen and oxygen atoms in total. The fourth-order valence-electron chi connectivity index (χ4n) is 6.85. The summed E-state index contributed by atoms with van der Waals surface area (Å²) in [5, 5.41) is 1.86. The van der Waals surface area contributed by atoms with Crippen LogP contribution in [-0.2, 0) is 0 Å². The monoisotopic (exact) mass is 656 g/mol. The van der Waals surface area contributed by atoms with Crippen LogP contribution < -0.4 is 4.90 Å². The average Bonchev–Trinajstić information content (AvgIpc) is 3.60. The number of fused-ring (bicyclic) bond motifs is 4. The van der Waals surface area contributed by atoms with Gasteiger partial charge >= 0.3 is 0 Å². The Bertz CT molecular complexity index is 2360. The Morgan fingerprint density at radius 1 is 0.520 bits per heavy atom. The van der Waals surface area contributed by atoms with Crippen LogP contribution in [-0.4, -0.2) is 22.2 Å². The molecule has 5 heteroatoms. The molecule has 8 rings (SSSR count). The zero-order valence-corrected chi connectivity index (χ0v) is 29.3. The van der Waals surface area contributed by atoms with E-state index >= 15 is 0 Å². The van der Waals surface area contributed by atoms with Crippen molar-refractivity contribution in [1.82, 2.24) is 4.57 Å². The summed E-state index contributed by atoms with van der Waals surface area (Å²) in [6.45, 7) is 12.0. The molecule has 7 aromatic rings. The quantitative estimate of drug-likeness (QED) is 0.140. The standard InChI is InChI=1S/C36H26N2O3.C7H8.C2H6/c1-21-18-22(2)33(23(3)19-21)38-35(40)27-13-9-15-31(32(27)36(38)41)37-29-14-8-7-12-26(29)28-20-25(16-17-30(28)37)34(39)24-10-5-4-6-11-24;1-7-5-3-2-4-6-7;1-2/h4-20H,1-3H3;2-6H,1H3;1-2H3. The van der Waals surface area contributed by atoms with Crippen molar-refractivity contribution in [3.63, 3.8) is 0 Å². The van der Waals surface area contributed by atoms with Crippen LogP contribution in [0.3, 0.4) is 0 Å². The Hall–Kier alpha value is -6.07. The predicted molar refractivity (Wildman–Crippen MR) is 205 cm³/mol. The van der Waals surface area contributed by atoms with Gasteiger partial charge in [0.1, 0.15) is 0 Å². The SMILES string of the molecule is CC.Cc1cc(C)c(N2C(=O)c3cccc(-n4c5ccccc5c5cc(C(=O)c6ccccc6)ccc54)c3C2=O)c(C)c1.Cc1ccccc1. The molecule has 0 spiro atoms. The number of ketones is 1. The Labute approximate surface area is 293 Å². The predicted octanol–water partition coefficient (Wildman–Crippen LogP) is 10.8. The molecular formula is C45H40N2O3. The van der Waals surface area contributed by atoms with Crippen molar-refractivity contribution >= 4 is 45.1 Å². The second kappa shape index (κ2) is 14.2. The number of hydrogen-bond donors (Lipinski definition) is 0. The smallest absolute Gasteiger partial charge is 0.268 e. The van der Waals surface area contributed by atoms with Gasteiger partial charge < -0.3 is 4.57 Å². The van der Waals surface area contributed by atoms with Crippen molar-refractivity contribution < 1.29 is 14.4 Å². The molecule has 0 N–H and O–H groups in total. The average molecular weight is 657 g/mol. The zero-order valence-electron chi connectivity index (χ0n) is 29.3. The summed E-state index contributed by atoms with van der Waals surface area (Å²) in [5.41, 5.74) is 9.16. The lowest BCUT2D eigenvalue weighted by Gasteiger charge is -2.20. The minimum Gasteiger partial charge on any atom is -0.308 e. The van der Waals surface area contributed by atoms with Crippen molar-refractivity contribution in [3.8, 4) is 5.69 Å². The van der Waals surface area contributed by atoms with Gasteiger partial charge in [-0.3, -0.25) is 14.4 Å². The van der Waals surface area contributed by atoms with Crippen molar-refractivity contribution in [2.24, 2.45) is 0 Å². The summed E-state index contributed by atoms with van der Waals surface area (Å²) < 4.78 is 2.03. The van der Waals surface area contributed by atoms with Gasteiger partial charge in [-0.25, -0.2) is 4.90 Å². The molecule has 1 aliphatic rings. The number of hydrogen-bond acceptors (Lipinski definition) is 3. The zero-order chi connectivity index (χ0) is 35.5. The maximum atomic E-state index is 14.1. The first-order valence-electron chi connectivity index (χ1n) is 17.0. The van der Waals surface area contributed by atoms with Crippen molar-refractivity contribution in [3.05, 3.63) is 178 Å². The first-order chi connectivity index (χ1) is 24.2. The fraction of sp³-hybridized carbons (Fsp3) is 0.133. The molecular weight excluding hydrogens is 617 g/mol. The molecule has 248 valence electrons. The van der Waals surface area contributed by atoms with Crippen LogP contribution >= 0.6 is 0 Å². The van der Waals surface area contributed by atoms with Crippen LogP contribution in [0, 0.1) is 27.7 Å². The van der Waals surface area contributed by atoms with Crippen molar-refractivity contribution in [2.75, 3.05) is 4.90 Å². The third-order valence-corrected chi connectivity index (χ3v) is 8.90. The van der Waals surface area contributed by atoms with Gasteiger partial charge in [0.15, 0.2) is 5.78 Å². The van der Waals surface area contributed by atoms with Gasteiger partial charge in [-0.2, -0.15) is 0 Å². The molecule has 0 unspecified atom stereocenters. The molecule has 1 aromatic heterocycles. The topological polar surface area (TPSA) is 59.4 Å². The van der Waals surface area contributed by atoms with Gasteiger partial charge in [0.05, 0.1) is 33.5 Å². The lowest BCUT2D eigenvalue weighted by Crippen LogP contribution is -2.31. The van der Waals surface area contributed by atoms with Gasteiger partial charge in [-0.15, -0.1) is 0 Å². The summed E-state index contributed by atoms with van der Waals surface area (Å²) in [6, 6.07) is 42.5. The van der Waals surface area contributed by atoms with Crippen molar-refractivity contribution in [2.45, 2.75) is 41.5 Å². The summed E-state index contributed by atoms with van der Waals surface area (Å²) in [4.78, 5) is 42.5. The number of anilines is 1. The van der Waals surface area contributed by atoms with E-state index < -0.39 is 0 Å². The van der Waals surface area contributed by atoms with Crippen LogP contribution in [0.2, 0.25) is 0 Å². The minimum absolute atomic E-state index is 0.0508. The number of benzene rings is 6. The van der Waals surface area contributed by atoms with E-state index in [0.29, 0.717) is 33.6 Å². The van der Waals surface area contributed by atoms with E-state index in [1.807, 2.05) is 154 Å². The maximum Gasteiger partial charge on any atom is 0.268 e. The first-order valence-corrected chi connectivity index (χ1v) is 17.0. The molecule has 0 aliphatic carbocycles. The highest BCUT2D eigenvalue weighted by atomic mass is 16.2. The lowest BCUT2D eigenvalue weighted by atomic mass is 10.0. The molecule has 6 aromatic carbocycles. The van der Waals surface area contributed by atoms with Crippen LogP contribution in [0.25, 0.3) is 27.5 Å². The molecule has 0 fully saturated rings. The summed E-state index contributed by atoms with van der Waals surface area (Å²) >= 11 is 0. The first kappa shape index (κ1) is 33.8. The van der Waals surface area contributed by atoms with Gasteiger partial charge in [0.25, 0.3) is 11.8 Å². The number of carbonyl (C=O) groups excluding carboxylic acids is 3. The largest absolute Gasteiger partial charge is 0.308 e. The summed E-state index contributed by atoms with van der Waals surface area (Å²) in [7, 11) is 0. The molecule has 0 radical (unpaired) electrons. The van der Waals surface area contributed by atoms with Crippen LogP contribution in [0.4, 0.5) is 5.69 Å². The number of aryl methyl sites for hydroxylation is 4. The summed E-state index contributed by atoms with van der Waals surface area (Å²) in [5.74, 6) is -0.707. The van der Waals surface area contributed by atoms with E-state index in [9.17, 15) is 14.4 Å². The Kier molecular flexibility index (Phi) is 9.60. The lowest BCUT2D eigenvalue weighted by molar-refractivity contribution is 0.0924. The number of para-hydroxylation sites is 1. The highest BCUT2D eigenvalue weighted by Gasteiger charge is 2.40. The normalized spacial score (nSPS) is 11.9. The molecule has 0 atom stereocenters. The van der Waals surface area contributed by atoms with Gasteiger partial charge in [-0.1, -0.05) is 122 Å². The van der Waals surface area contributed by atoms with Crippen LogP contribution in [0.1, 0.15) is 72.7 Å². The third kappa shape index (κ3) is 6.03. The maximum absolute atomic E-state index is 14.1. The van der Waals surface area contributed by atoms with Gasteiger partial charge in [0.2, 0.25) is 0 Å². The fourth-order valence-corrected chi connectivity index (χ4v) is 6.85. The number of rotatable bonds is 4. The van der Waals surface area contributed by atoms with E-state index in [1.165, 1.54) is 10.5 Å². The van der Waals surface area contributed by atoms with Gasteiger partial charge in [-0.05, 0) is 75.2 Å². The second-order valence-electron chi connectivity index (χ2n) is 12.3. The summed E-state index contributed by atoms with van der Waals surface area (Å²) in [6.07, 6.45) is 0. The van der Waals surface area contributed by atoms with E-state index in [0.717, 1.165) is 38.5 Å². The molecule has 2 amide bonds. The molecule has 50 heavy (non-hydrogen) atoms. The molecule has 0 saturated carbocycles. The van der Waals surface area contributed by atoms with E-state index in [1.54, 1.807) is 6.07 Å². The Morgan fingerprint density at radius 2 is 1.12 bits per heavy atom. The minimum atomic E-state index is -0.336. The number of aromatic nitrogens is 1.